The van der Waals surface area contributed by atoms with Crippen molar-refractivity contribution in [3.8, 4) is 16.9 Å². The summed E-state index contributed by atoms with van der Waals surface area (Å²) < 4.78 is 33.9. The number of aromatic nitrogens is 2. The molecule has 1 fully saturated rings. The zero-order chi connectivity index (χ0) is 25.5. The first-order valence-electron chi connectivity index (χ1n) is 12.7. The highest BCUT2D eigenvalue weighted by molar-refractivity contribution is 5.82. The number of rotatable bonds is 2. The number of aromatic amines is 1. The molecule has 2 aliphatic rings. The summed E-state index contributed by atoms with van der Waals surface area (Å²) in [6.07, 6.45) is 2.44. The van der Waals surface area contributed by atoms with E-state index in [0.29, 0.717) is 38.2 Å². The molecule has 0 bridgehead atoms. The number of likely N-dealkylation sites (tertiary alicyclic amines) is 1. The minimum Gasteiger partial charge on any atom is -0.491 e. The van der Waals surface area contributed by atoms with Gasteiger partial charge in [-0.25, -0.2) is 18.6 Å². The van der Waals surface area contributed by atoms with Crippen molar-refractivity contribution in [3.05, 3.63) is 83.2 Å². The highest BCUT2D eigenvalue weighted by Crippen LogP contribution is 2.35. The fraction of sp³-hybridized carbons (Fsp3) is 0.310. The van der Waals surface area contributed by atoms with Gasteiger partial charge in [0, 0.05) is 18.2 Å². The van der Waals surface area contributed by atoms with Crippen molar-refractivity contribution in [3.63, 3.8) is 0 Å². The van der Waals surface area contributed by atoms with E-state index in [-0.39, 0.29) is 12.1 Å². The predicted octanol–water partition coefficient (Wildman–Crippen LogP) is 6.36. The molecule has 2 aliphatic heterocycles. The number of aryl methyl sites for hydroxylation is 1. The Morgan fingerprint density at radius 2 is 1.78 bits per heavy atom. The number of ether oxygens (including phenoxy) is 1. The largest absolute Gasteiger partial charge is 0.491 e. The van der Waals surface area contributed by atoms with Gasteiger partial charge in [-0.2, -0.15) is 0 Å². The van der Waals surface area contributed by atoms with Crippen LogP contribution in [0.15, 0.2) is 54.6 Å². The van der Waals surface area contributed by atoms with Gasteiger partial charge in [-0.15, -0.1) is 0 Å². The van der Waals surface area contributed by atoms with Crippen molar-refractivity contribution in [1.29, 1.82) is 0 Å². The maximum Gasteiger partial charge on any atom is 0.320 e. The lowest BCUT2D eigenvalue weighted by molar-refractivity contribution is 0.110. The Morgan fingerprint density at radius 1 is 1.00 bits per heavy atom. The lowest BCUT2D eigenvalue weighted by Gasteiger charge is -2.39. The summed E-state index contributed by atoms with van der Waals surface area (Å²) in [7, 11) is 0. The molecule has 190 valence electrons. The van der Waals surface area contributed by atoms with Crippen LogP contribution in [-0.2, 0) is 6.54 Å². The molecule has 6 nitrogen and oxygen atoms in total. The van der Waals surface area contributed by atoms with Gasteiger partial charge < -0.3 is 19.5 Å². The van der Waals surface area contributed by atoms with Crippen LogP contribution in [0.3, 0.4) is 0 Å². The Morgan fingerprint density at radius 3 is 2.62 bits per heavy atom. The summed E-state index contributed by atoms with van der Waals surface area (Å²) in [6, 6.07) is 15.2. The number of halogens is 2. The van der Waals surface area contributed by atoms with Crippen LogP contribution in [0.2, 0.25) is 0 Å². The number of hydrogen-bond donors (Lipinski definition) is 1. The predicted molar refractivity (Wildman–Crippen MR) is 137 cm³/mol. The first-order valence-corrected chi connectivity index (χ1v) is 12.7. The summed E-state index contributed by atoms with van der Waals surface area (Å²) in [4.78, 5) is 25.1. The fourth-order valence-electron chi connectivity index (χ4n) is 5.51. The molecule has 0 aliphatic carbocycles. The molecule has 0 spiro atoms. The third-order valence-electron chi connectivity index (χ3n) is 7.26. The molecular weight excluding hydrogens is 474 g/mol. The minimum absolute atomic E-state index is 0.134. The number of urea groups is 1. The summed E-state index contributed by atoms with van der Waals surface area (Å²) in [5.41, 5.74) is 5.40. The number of fused-ring (bicyclic) bond motifs is 2. The van der Waals surface area contributed by atoms with Crippen LogP contribution in [0.4, 0.5) is 13.6 Å². The fourth-order valence-corrected chi connectivity index (χ4v) is 5.51. The molecule has 1 saturated heterocycles. The van der Waals surface area contributed by atoms with E-state index in [2.05, 4.69) is 22.1 Å². The van der Waals surface area contributed by atoms with E-state index in [4.69, 9.17) is 4.74 Å². The molecular formula is C29H28F2N4O2. The van der Waals surface area contributed by atoms with Gasteiger partial charge in [0.25, 0.3) is 0 Å². The molecule has 1 atom stereocenters. The molecule has 1 aromatic heterocycles. The second-order valence-corrected chi connectivity index (χ2v) is 9.84. The van der Waals surface area contributed by atoms with Crippen molar-refractivity contribution in [2.45, 2.75) is 38.8 Å². The second-order valence-electron chi connectivity index (χ2n) is 9.84. The zero-order valence-electron chi connectivity index (χ0n) is 20.6. The van der Waals surface area contributed by atoms with Crippen LogP contribution in [-0.4, -0.2) is 45.5 Å². The highest BCUT2D eigenvalue weighted by atomic mass is 19.1. The Balaban J connectivity index is 1.28. The third kappa shape index (κ3) is 4.63. The van der Waals surface area contributed by atoms with Crippen molar-refractivity contribution in [1.82, 2.24) is 19.8 Å². The molecule has 37 heavy (non-hydrogen) atoms. The van der Waals surface area contributed by atoms with E-state index >= 15 is 0 Å². The maximum atomic E-state index is 14.0. The van der Waals surface area contributed by atoms with Crippen LogP contribution in [0.5, 0.6) is 5.75 Å². The van der Waals surface area contributed by atoms with Crippen LogP contribution in [0.1, 0.15) is 42.3 Å². The Bertz CT molecular complexity index is 1460. The van der Waals surface area contributed by atoms with Gasteiger partial charge in [0.1, 0.15) is 29.8 Å². The standard InChI is InChI=1S/C29H28F2N4O2/c1-18-32-25-7-5-20(15-26(25)33-18)19-6-8-28-22(12-19)17-34(10-11-37-28)29(36)35-9-3-2-4-27(35)21-13-23(30)16-24(31)14-21/h5-8,12-16,27H,2-4,9-11,17H2,1H3,(H,32,33). The van der Waals surface area contributed by atoms with Crippen molar-refractivity contribution < 1.29 is 18.3 Å². The minimum atomic E-state index is -0.624. The van der Waals surface area contributed by atoms with Gasteiger partial charge in [0.15, 0.2) is 0 Å². The van der Waals surface area contributed by atoms with E-state index in [0.717, 1.165) is 58.2 Å². The molecule has 0 radical (unpaired) electrons. The number of carbonyl (C=O) groups is 1. The summed E-state index contributed by atoms with van der Waals surface area (Å²) in [5.74, 6) is 0.385. The van der Waals surface area contributed by atoms with Gasteiger partial charge in [0.05, 0.1) is 30.2 Å². The molecule has 1 N–H and O–H groups in total. The van der Waals surface area contributed by atoms with Gasteiger partial charge in [-0.1, -0.05) is 12.1 Å². The summed E-state index contributed by atoms with van der Waals surface area (Å²) in [5, 5.41) is 0. The Kier molecular flexibility index (Phi) is 6.02. The molecule has 0 saturated carbocycles. The molecule has 8 heteroatoms. The average Bonchev–Trinajstić information content (AvgIpc) is 3.13. The number of nitrogens with zero attached hydrogens (tertiary/aromatic N) is 3. The highest BCUT2D eigenvalue weighted by Gasteiger charge is 2.32. The van der Waals surface area contributed by atoms with E-state index in [1.54, 1.807) is 9.80 Å². The van der Waals surface area contributed by atoms with Gasteiger partial charge in [0.2, 0.25) is 0 Å². The quantitative estimate of drug-likeness (QED) is 0.347. The molecule has 3 aromatic carbocycles. The maximum absolute atomic E-state index is 14.0. The van der Waals surface area contributed by atoms with Gasteiger partial charge in [-0.05, 0) is 79.3 Å². The number of piperidine rings is 1. The van der Waals surface area contributed by atoms with Crippen molar-refractivity contribution >= 4 is 17.1 Å². The third-order valence-corrected chi connectivity index (χ3v) is 7.26. The van der Waals surface area contributed by atoms with E-state index in [9.17, 15) is 13.6 Å². The molecule has 3 heterocycles. The number of carbonyl (C=O) groups excluding carboxylic acids is 1. The van der Waals surface area contributed by atoms with Gasteiger partial charge in [-0.3, -0.25) is 0 Å². The smallest absolute Gasteiger partial charge is 0.320 e. The number of amides is 2. The Hall–Kier alpha value is -3.94. The molecule has 2 amide bonds. The Labute approximate surface area is 213 Å². The van der Waals surface area contributed by atoms with Gasteiger partial charge >= 0.3 is 6.03 Å². The normalized spacial score (nSPS) is 17.9. The number of imidazole rings is 1. The summed E-state index contributed by atoms with van der Waals surface area (Å²) >= 11 is 0. The van der Waals surface area contributed by atoms with E-state index in [1.807, 2.05) is 31.2 Å². The van der Waals surface area contributed by atoms with Crippen LogP contribution < -0.4 is 4.74 Å². The topological polar surface area (TPSA) is 61.5 Å². The second kappa shape index (κ2) is 9.50. The molecule has 4 aromatic rings. The first-order chi connectivity index (χ1) is 17.9. The monoisotopic (exact) mass is 502 g/mol. The van der Waals surface area contributed by atoms with Crippen molar-refractivity contribution in [2.75, 3.05) is 19.7 Å². The van der Waals surface area contributed by atoms with E-state index in [1.165, 1.54) is 12.1 Å². The number of H-pyrrole nitrogens is 1. The van der Waals surface area contributed by atoms with Crippen LogP contribution in [0.25, 0.3) is 22.2 Å². The van der Waals surface area contributed by atoms with E-state index < -0.39 is 11.6 Å². The summed E-state index contributed by atoms with van der Waals surface area (Å²) in [6.45, 7) is 3.69. The SMILES string of the molecule is Cc1nc2ccc(-c3ccc4c(c3)CN(C(=O)N3CCCCC3c3cc(F)cc(F)c3)CCO4)cc2[nH]1. The zero-order valence-corrected chi connectivity index (χ0v) is 20.6. The number of benzene rings is 3. The molecule has 6 rings (SSSR count). The average molecular weight is 503 g/mol. The van der Waals surface area contributed by atoms with Crippen LogP contribution in [0, 0.1) is 18.6 Å². The first kappa shape index (κ1) is 23.5. The van der Waals surface area contributed by atoms with Crippen LogP contribution >= 0.6 is 0 Å². The molecule has 1 unspecified atom stereocenters. The number of nitrogens with one attached hydrogen (secondary N) is 1. The lowest BCUT2D eigenvalue weighted by Crippen LogP contribution is -2.47. The number of hydrogen-bond acceptors (Lipinski definition) is 3. The van der Waals surface area contributed by atoms with Crippen molar-refractivity contribution in [2.24, 2.45) is 0 Å². The lowest BCUT2D eigenvalue weighted by atomic mass is 9.95.